The highest BCUT2D eigenvalue weighted by Crippen LogP contribution is 2.41. The van der Waals surface area contributed by atoms with Crippen LogP contribution in [-0.2, 0) is 0 Å². The number of allylic oxidation sites excluding steroid dienone is 2. The van der Waals surface area contributed by atoms with Crippen LogP contribution in [0, 0.1) is 16.7 Å². The van der Waals surface area contributed by atoms with E-state index in [0.29, 0.717) is 5.57 Å². The molecule has 76 valence electrons. The van der Waals surface area contributed by atoms with Gasteiger partial charge in [-0.2, -0.15) is 5.26 Å². The van der Waals surface area contributed by atoms with Crippen molar-refractivity contribution in [1.29, 1.82) is 5.26 Å². The third-order valence-electron chi connectivity index (χ3n) is 2.51. The zero-order valence-electron chi connectivity index (χ0n) is 9.09. The summed E-state index contributed by atoms with van der Waals surface area (Å²) in [5.41, 5.74) is 0.580. The molecule has 1 N–H and O–H groups in total. The second kappa shape index (κ2) is 3.25. The first-order valence-electron chi connectivity index (χ1n) is 4.79. The third-order valence-corrected chi connectivity index (χ3v) is 2.51. The lowest BCUT2D eigenvalue weighted by molar-refractivity contribution is 0.0485. The van der Waals surface area contributed by atoms with Crippen LogP contribution in [0.2, 0.25) is 0 Å². The summed E-state index contributed by atoms with van der Waals surface area (Å²) >= 11 is 0. The van der Waals surface area contributed by atoms with E-state index in [1.165, 1.54) is 0 Å². The van der Waals surface area contributed by atoms with Gasteiger partial charge in [-0.3, -0.25) is 0 Å². The number of rotatable bonds is 1. The van der Waals surface area contributed by atoms with Crippen molar-refractivity contribution < 1.29 is 5.11 Å². The van der Waals surface area contributed by atoms with Crippen LogP contribution in [0.15, 0.2) is 23.8 Å². The lowest BCUT2D eigenvalue weighted by Crippen LogP contribution is -2.34. The van der Waals surface area contributed by atoms with Crippen LogP contribution >= 0.6 is 0 Å². The molecule has 1 aliphatic carbocycles. The fraction of sp³-hybridized carbons (Fsp3) is 0.583. The van der Waals surface area contributed by atoms with E-state index >= 15 is 0 Å². The molecule has 1 rings (SSSR count). The number of hydrogen-bond acceptors (Lipinski definition) is 2. The summed E-state index contributed by atoms with van der Waals surface area (Å²) in [6.45, 7) is 9.66. The van der Waals surface area contributed by atoms with Crippen LogP contribution in [0.5, 0.6) is 0 Å². The quantitative estimate of drug-likeness (QED) is 0.647. The molecule has 14 heavy (non-hydrogen) atoms. The molecule has 0 aromatic heterocycles. The highest BCUT2D eigenvalue weighted by molar-refractivity contribution is 5.42. The van der Waals surface area contributed by atoms with Gasteiger partial charge >= 0.3 is 0 Å². The van der Waals surface area contributed by atoms with E-state index < -0.39 is 5.60 Å². The van der Waals surface area contributed by atoms with Gasteiger partial charge in [0.05, 0.1) is 11.7 Å². The maximum absolute atomic E-state index is 10.00. The lowest BCUT2D eigenvalue weighted by atomic mass is 9.70. The third kappa shape index (κ3) is 2.46. The summed E-state index contributed by atoms with van der Waals surface area (Å²) in [7, 11) is 0. The number of nitrogens with zero attached hydrogens (tertiary/aromatic N) is 1. The maximum Gasteiger partial charge on any atom is 0.0988 e. The van der Waals surface area contributed by atoms with Crippen LogP contribution in [-0.4, -0.2) is 10.7 Å². The average Bonchev–Trinajstić information content (AvgIpc) is 1.97. The molecule has 0 amide bonds. The minimum Gasteiger partial charge on any atom is -0.386 e. The molecule has 0 aromatic rings. The first-order valence-corrected chi connectivity index (χ1v) is 4.79. The maximum atomic E-state index is 10.00. The van der Waals surface area contributed by atoms with Gasteiger partial charge in [0.2, 0.25) is 0 Å². The predicted octanol–water partition coefficient (Wildman–Crippen LogP) is 2.56. The van der Waals surface area contributed by atoms with E-state index in [4.69, 9.17) is 5.26 Å². The van der Waals surface area contributed by atoms with Gasteiger partial charge in [-0.15, -0.1) is 0 Å². The Bertz CT molecular complexity index is 329. The summed E-state index contributed by atoms with van der Waals surface area (Å²) in [5.74, 6) is 0. The molecule has 0 spiro atoms. The minimum atomic E-state index is -0.809. The van der Waals surface area contributed by atoms with Crippen LogP contribution in [0.4, 0.5) is 0 Å². The van der Waals surface area contributed by atoms with E-state index in [0.717, 1.165) is 18.4 Å². The first-order chi connectivity index (χ1) is 6.26. The Morgan fingerprint density at radius 1 is 1.57 bits per heavy atom. The van der Waals surface area contributed by atoms with Crippen molar-refractivity contribution in [3.05, 3.63) is 23.8 Å². The van der Waals surface area contributed by atoms with Gasteiger partial charge in [0, 0.05) is 5.57 Å². The predicted molar refractivity (Wildman–Crippen MR) is 56.5 cm³/mol. The number of aliphatic hydroxyl groups is 1. The molecular formula is C12H17NO. The molecule has 1 atom stereocenters. The van der Waals surface area contributed by atoms with Crippen molar-refractivity contribution in [3.8, 4) is 6.07 Å². The Hall–Kier alpha value is -1.07. The topological polar surface area (TPSA) is 44.0 Å². The molecule has 2 nitrogen and oxygen atoms in total. The molecule has 0 heterocycles. The van der Waals surface area contributed by atoms with Crippen LogP contribution in [0.25, 0.3) is 0 Å². The molecule has 0 aromatic carbocycles. The Morgan fingerprint density at radius 3 is 2.57 bits per heavy atom. The molecule has 0 aliphatic heterocycles. The molecule has 0 bridgehead atoms. The smallest absolute Gasteiger partial charge is 0.0988 e. The van der Waals surface area contributed by atoms with Gasteiger partial charge in [-0.25, -0.2) is 0 Å². The first kappa shape index (κ1) is 11.0. The van der Waals surface area contributed by atoms with Crippen molar-refractivity contribution in [2.45, 2.75) is 39.2 Å². The summed E-state index contributed by atoms with van der Waals surface area (Å²) < 4.78 is 0. The standard InChI is InChI=1S/C12H17NO/c1-9(7-13)10-5-11(2,3)8-12(4,14)6-10/h6,14H,1,5,8H2,2-4H3. The molecule has 0 fully saturated rings. The van der Waals surface area contributed by atoms with E-state index in [1.807, 2.05) is 6.07 Å². The van der Waals surface area contributed by atoms with Gasteiger partial charge < -0.3 is 5.11 Å². The largest absolute Gasteiger partial charge is 0.386 e. The number of hydrogen-bond donors (Lipinski definition) is 1. The van der Waals surface area contributed by atoms with Crippen molar-refractivity contribution >= 4 is 0 Å². The molecule has 0 saturated heterocycles. The summed E-state index contributed by atoms with van der Waals surface area (Å²) in [6, 6.07) is 2.04. The lowest BCUT2D eigenvalue weighted by Gasteiger charge is -2.38. The van der Waals surface area contributed by atoms with Gasteiger partial charge in [-0.1, -0.05) is 20.4 Å². The van der Waals surface area contributed by atoms with Crippen molar-refractivity contribution in [3.63, 3.8) is 0 Å². The minimum absolute atomic E-state index is 0.0351. The molecule has 0 saturated carbocycles. The number of nitriles is 1. The monoisotopic (exact) mass is 191 g/mol. The van der Waals surface area contributed by atoms with Gasteiger partial charge in [-0.05, 0) is 36.8 Å². The zero-order valence-corrected chi connectivity index (χ0v) is 9.09. The molecule has 1 unspecified atom stereocenters. The molecular weight excluding hydrogens is 174 g/mol. The van der Waals surface area contributed by atoms with E-state index in [1.54, 1.807) is 13.0 Å². The van der Waals surface area contributed by atoms with Crippen molar-refractivity contribution in [1.82, 2.24) is 0 Å². The summed E-state index contributed by atoms with van der Waals surface area (Å²) in [5, 5.41) is 18.8. The Morgan fingerprint density at radius 2 is 2.14 bits per heavy atom. The molecule has 0 radical (unpaired) electrons. The molecule has 2 heteroatoms. The SMILES string of the molecule is C=C(C#N)C1=CC(C)(O)CC(C)(C)C1. The van der Waals surface area contributed by atoms with Gasteiger partial charge in [0.25, 0.3) is 0 Å². The van der Waals surface area contributed by atoms with E-state index in [9.17, 15) is 5.11 Å². The fourth-order valence-electron chi connectivity index (χ4n) is 2.29. The normalized spacial score (nSPS) is 30.4. The van der Waals surface area contributed by atoms with Crippen LogP contribution in [0.3, 0.4) is 0 Å². The van der Waals surface area contributed by atoms with Crippen LogP contribution in [0.1, 0.15) is 33.6 Å². The average molecular weight is 191 g/mol. The second-order valence-corrected chi connectivity index (χ2v) is 5.13. The van der Waals surface area contributed by atoms with E-state index in [2.05, 4.69) is 20.4 Å². The van der Waals surface area contributed by atoms with Gasteiger partial charge in [0.15, 0.2) is 0 Å². The Labute approximate surface area is 85.6 Å². The second-order valence-electron chi connectivity index (χ2n) is 5.13. The fourth-order valence-corrected chi connectivity index (χ4v) is 2.29. The van der Waals surface area contributed by atoms with Crippen molar-refractivity contribution in [2.75, 3.05) is 0 Å². The van der Waals surface area contributed by atoms with Crippen LogP contribution < -0.4 is 0 Å². The summed E-state index contributed by atoms with van der Waals surface area (Å²) in [4.78, 5) is 0. The van der Waals surface area contributed by atoms with Crippen molar-refractivity contribution in [2.24, 2.45) is 5.41 Å². The summed E-state index contributed by atoms with van der Waals surface area (Å²) in [6.07, 6.45) is 3.31. The van der Waals surface area contributed by atoms with E-state index in [-0.39, 0.29) is 5.41 Å². The Kier molecular flexibility index (Phi) is 2.56. The van der Waals surface area contributed by atoms with Gasteiger partial charge in [0.1, 0.15) is 0 Å². The highest BCUT2D eigenvalue weighted by Gasteiger charge is 2.35. The Balaban J connectivity index is 3.04. The zero-order chi connectivity index (χ0) is 11.0. The molecule has 1 aliphatic rings. The highest BCUT2D eigenvalue weighted by atomic mass is 16.3.